The molecule has 0 aliphatic heterocycles. The minimum Gasteiger partial charge on any atom is -0.311 e. The van der Waals surface area contributed by atoms with Gasteiger partial charge in [-0.3, -0.25) is 0 Å². The molecule has 1 aromatic rings. The van der Waals surface area contributed by atoms with Gasteiger partial charge in [-0.15, -0.1) is 0 Å². The fourth-order valence-electron chi connectivity index (χ4n) is 0.768. The number of rotatable bonds is 1. The number of aromatic nitrogens is 2. The molecule has 0 aromatic carbocycles. The predicted octanol–water partition coefficient (Wildman–Crippen LogP) is 1.17. The molecule has 0 radical (unpaired) electrons. The first-order valence-electron chi connectivity index (χ1n) is 4.22. The minimum atomic E-state index is -0.339. The molecule has 0 fully saturated rings. The number of hydrogen-bond donors (Lipinski definition) is 1. The van der Waals surface area contributed by atoms with E-state index >= 15 is 0 Å². The largest absolute Gasteiger partial charge is 0.344 e. The van der Waals surface area contributed by atoms with E-state index in [9.17, 15) is 4.79 Å². The van der Waals surface area contributed by atoms with E-state index in [0.29, 0.717) is 5.92 Å². The molecule has 1 N–H and O–H groups in total. The van der Waals surface area contributed by atoms with Gasteiger partial charge in [-0.2, -0.15) is 0 Å². The summed E-state index contributed by atoms with van der Waals surface area (Å²) in [6, 6.07) is 0. The van der Waals surface area contributed by atoms with Gasteiger partial charge in [0, 0.05) is 18.8 Å². The van der Waals surface area contributed by atoms with Crippen molar-refractivity contribution >= 4 is 0 Å². The highest BCUT2D eigenvalue weighted by atomic mass is 16.1. The highest BCUT2D eigenvalue weighted by molar-refractivity contribution is 5.28. The fraction of sp³-hybridized carbons (Fsp3) is 0.400. The maximum atomic E-state index is 10.6. The second kappa shape index (κ2) is 4.46. The van der Waals surface area contributed by atoms with Crippen molar-refractivity contribution in [2.75, 3.05) is 0 Å². The summed E-state index contributed by atoms with van der Waals surface area (Å²) in [6.07, 6.45) is 3.91. The van der Waals surface area contributed by atoms with Crippen LogP contribution >= 0.6 is 0 Å². The molecule has 68 valence electrons. The van der Waals surface area contributed by atoms with Crippen LogP contribution in [0.3, 0.4) is 0 Å². The lowest BCUT2D eigenvalue weighted by Gasteiger charge is -1.92. The topological polar surface area (TPSA) is 45.8 Å². The Labute approximate surface area is 77.2 Å². The second-order valence-electron chi connectivity index (χ2n) is 3.21. The third kappa shape index (κ3) is 3.57. The molecule has 0 saturated heterocycles. The number of hydrogen-bond acceptors (Lipinski definition) is 2. The molecule has 0 spiro atoms. The van der Waals surface area contributed by atoms with Crippen molar-refractivity contribution in [1.82, 2.24) is 9.97 Å². The van der Waals surface area contributed by atoms with Crippen molar-refractivity contribution in [1.29, 1.82) is 0 Å². The van der Waals surface area contributed by atoms with Gasteiger partial charge in [0.05, 0.1) is 5.56 Å². The molecule has 3 nitrogen and oxygen atoms in total. The van der Waals surface area contributed by atoms with Crippen LogP contribution < -0.4 is 5.69 Å². The zero-order valence-corrected chi connectivity index (χ0v) is 7.79. The van der Waals surface area contributed by atoms with Crippen molar-refractivity contribution in [2.45, 2.75) is 20.3 Å². The highest BCUT2D eigenvalue weighted by Crippen LogP contribution is 1.96. The van der Waals surface area contributed by atoms with E-state index in [1.807, 2.05) is 0 Å². The summed E-state index contributed by atoms with van der Waals surface area (Å²) in [4.78, 5) is 16.6. The number of nitrogens with one attached hydrogen (secondary N) is 1. The van der Waals surface area contributed by atoms with Gasteiger partial charge in [-0.05, 0) is 5.92 Å². The molecule has 0 atom stereocenters. The van der Waals surface area contributed by atoms with Crippen LogP contribution in [0, 0.1) is 17.8 Å². The van der Waals surface area contributed by atoms with Crippen molar-refractivity contribution in [2.24, 2.45) is 5.92 Å². The number of nitrogens with zero attached hydrogens (tertiary/aromatic N) is 1. The molecule has 1 heterocycles. The summed E-state index contributed by atoms with van der Waals surface area (Å²) in [6.45, 7) is 4.22. The van der Waals surface area contributed by atoms with Crippen molar-refractivity contribution < 1.29 is 0 Å². The molecule has 1 rings (SSSR count). The van der Waals surface area contributed by atoms with Gasteiger partial charge >= 0.3 is 5.69 Å². The molecule has 0 amide bonds. The predicted molar refractivity (Wildman–Crippen MR) is 51.2 cm³/mol. The maximum absolute atomic E-state index is 10.6. The van der Waals surface area contributed by atoms with Crippen LogP contribution in [0.4, 0.5) is 0 Å². The van der Waals surface area contributed by atoms with Crippen LogP contribution in [0.1, 0.15) is 25.8 Å². The molecule has 1 aromatic heterocycles. The van der Waals surface area contributed by atoms with Crippen molar-refractivity contribution in [3.8, 4) is 11.8 Å². The van der Waals surface area contributed by atoms with E-state index in [2.05, 4.69) is 35.7 Å². The standard InChI is InChI=1S/C10H12N2O/c1-8(2)4-3-5-9-6-11-10(13)12-7-9/h6-8H,4H2,1-2H3,(H,11,12,13). The Kier molecular flexibility index (Phi) is 3.27. The molecule has 3 heteroatoms. The average molecular weight is 176 g/mol. The summed E-state index contributed by atoms with van der Waals surface area (Å²) >= 11 is 0. The summed E-state index contributed by atoms with van der Waals surface area (Å²) in [5.41, 5.74) is 0.412. The number of aromatic amines is 1. The van der Waals surface area contributed by atoms with E-state index in [4.69, 9.17) is 0 Å². The summed E-state index contributed by atoms with van der Waals surface area (Å²) in [7, 11) is 0. The molecule has 13 heavy (non-hydrogen) atoms. The van der Waals surface area contributed by atoms with Crippen LogP contribution in [-0.2, 0) is 0 Å². The minimum absolute atomic E-state index is 0.339. The van der Waals surface area contributed by atoms with Gasteiger partial charge in [-0.1, -0.05) is 25.7 Å². The first kappa shape index (κ1) is 9.53. The molecule has 0 aliphatic carbocycles. The van der Waals surface area contributed by atoms with Gasteiger partial charge in [0.2, 0.25) is 0 Å². The van der Waals surface area contributed by atoms with Crippen LogP contribution in [0.5, 0.6) is 0 Å². The van der Waals surface area contributed by atoms with E-state index in [-0.39, 0.29) is 5.69 Å². The monoisotopic (exact) mass is 176 g/mol. The lowest BCUT2D eigenvalue weighted by atomic mass is 10.1. The Morgan fingerprint density at radius 2 is 2.38 bits per heavy atom. The smallest absolute Gasteiger partial charge is 0.311 e. The first-order chi connectivity index (χ1) is 6.18. The molecule has 0 unspecified atom stereocenters. The van der Waals surface area contributed by atoms with E-state index < -0.39 is 0 Å². The van der Waals surface area contributed by atoms with Gasteiger partial charge < -0.3 is 4.98 Å². The zero-order chi connectivity index (χ0) is 9.68. The quantitative estimate of drug-likeness (QED) is 0.653. The lowest BCUT2D eigenvalue weighted by molar-refractivity contribution is 0.676. The van der Waals surface area contributed by atoms with Gasteiger partial charge in [0.1, 0.15) is 0 Å². The molecule has 0 saturated carbocycles. The van der Waals surface area contributed by atoms with Gasteiger partial charge in [0.15, 0.2) is 0 Å². The third-order valence-corrected chi connectivity index (χ3v) is 1.42. The first-order valence-corrected chi connectivity index (χ1v) is 4.22. The Morgan fingerprint density at radius 3 is 2.92 bits per heavy atom. The molecule has 0 aliphatic rings. The normalized spacial score (nSPS) is 9.46. The van der Waals surface area contributed by atoms with Crippen LogP contribution in [-0.4, -0.2) is 9.97 Å². The Balaban J connectivity index is 2.67. The van der Waals surface area contributed by atoms with E-state index in [1.165, 1.54) is 6.20 Å². The fourth-order valence-corrected chi connectivity index (χ4v) is 0.768. The Bertz CT molecular complexity index is 361. The van der Waals surface area contributed by atoms with Crippen LogP contribution in [0.2, 0.25) is 0 Å². The zero-order valence-electron chi connectivity index (χ0n) is 7.79. The average Bonchev–Trinajstić information content (AvgIpc) is 2.08. The highest BCUT2D eigenvalue weighted by Gasteiger charge is 1.88. The van der Waals surface area contributed by atoms with Crippen molar-refractivity contribution in [3.05, 3.63) is 28.4 Å². The summed E-state index contributed by atoms with van der Waals surface area (Å²) < 4.78 is 0. The van der Waals surface area contributed by atoms with E-state index in [1.54, 1.807) is 6.20 Å². The van der Waals surface area contributed by atoms with Crippen molar-refractivity contribution in [3.63, 3.8) is 0 Å². The lowest BCUT2D eigenvalue weighted by Crippen LogP contribution is -2.08. The Hall–Kier alpha value is -1.56. The molecular formula is C10H12N2O. The van der Waals surface area contributed by atoms with Gasteiger partial charge in [-0.25, -0.2) is 9.78 Å². The number of H-pyrrole nitrogens is 1. The van der Waals surface area contributed by atoms with Crippen LogP contribution in [0.25, 0.3) is 0 Å². The van der Waals surface area contributed by atoms with Crippen LogP contribution in [0.15, 0.2) is 17.2 Å². The summed E-state index contributed by atoms with van der Waals surface area (Å²) in [5.74, 6) is 6.50. The second-order valence-corrected chi connectivity index (χ2v) is 3.21. The molecule has 0 bridgehead atoms. The van der Waals surface area contributed by atoms with Gasteiger partial charge in [0.25, 0.3) is 0 Å². The Morgan fingerprint density at radius 1 is 1.62 bits per heavy atom. The molecular weight excluding hydrogens is 164 g/mol. The maximum Gasteiger partial charge on any atom is 0.344 e. The third-order valence-electron chi connectivity index (χ3n) is 1.42. The van der Waals surface area contributed by atoms with E-state index in [0.717, 1.165) is 12.0 Å². The summed E-state index contributed by atoms with van der Waals surface area (Å²) in [5, 5.41) is 0. The SMILES string of the molecule is CC(C)CC#Cc1cnc(=O)[nH]c1.